The Morgan fingerprint density at radius 3 is 2.00 bits per heavy atom. The lowest BCUT2D eigenvalue weighted by molar-refractivity contribution is -0.129. The first-order valence-electron chi connectivity index (χ1n) is 16.0. The molecule has 0 fully saturated rings. The Kier molecular flexibility index (Phi) is 8.28. The molecule has 50 heavy (non-hydrogen) atoms. The molecule has 1 spiro atoms. The second-order valence-electron chi connectivity index (χ2n) is 12.5. The number of amides is 2. The summed E-state index contributed by atoms with van der Waals surface area (Å²) in [7, 11) is -4.59. The standard InChI is InChI=1S/C40H31ClN2O6S/c1-25-16-22-30(23-17-25)50(48,49)43-34-14-8-6-12-31(34)33(24-36(45)27-10-4-3-5-11-27)40(38(43)37(46)28-18-20-29(41)21-19-28)32-13-7-9-15-35(32)42(26(2)44)39(40)47/h3-23,33,38H,24H2,1-2H3/t33-,38-,40+/m0/s1. The number of hydrogen-bond acceptors (Lipinski definition) is 6. The van der Waals surface area contributed by atoms with Gasteiger partial charge in [0.25, 0.3) is 10.0 Å². The summed E-state index contributed by atoms with van der Waals surface area (Å²) in [4.78, 5) is 59.1. The van der Waals surface area contributed by atoms with Crippen LogP contribution in [0.3, 0.4) is 0 Å². The van der Waals surface area contributed by atoms with Gasteiger partial charge in [-0.1, -0.05) is 96.0 Å². The molecule has 0 unspecified atom stereocenters. The van der Waals surface area contributed by atoms with Crippen molar-refractivity contribution in [1.82, 2.24) is 0 Å². The van der Waals surface area contributed by atoms with Gasteiger partial charge in [-0.25, -0.2) is 13.3 Å². The fraction of sp³-hybridized carbons (Fsp3) is 0.150. The molecule has 2 amide bonds. The zero-order chi connectivity index (χ0) is 35.4. The minimum atomic E-state index is -4.59. The fourth-order valence-electron chi connectivity index (χ4n) is 7.46. The number of imide groups is 1. The molecule has 5 aromatic rings. The molecule has 8 nitrogen and oxygen atoms in total. The summed E-state index contributed by atoms with van der Waals surface area (Å²) in [5, 5.41) is 0.353. The number of carbonyl (C=O) groups excluding carboxylic acids is 4. The lowest BCUT2D eigenvalue weighted by atomic mass is 9.58. The lowest BCUT2D eigenvalue weighted by Gasteiger charge is -2.51. The predicted molar refractivity (Wildman–Crippen MR) is 191 cm³/mol. The molecule has 0 saturated carbocycles. The Hall–Kier alpha value is -5.38. The van der Waals surface area contributed by atoms with Crippen LogP contribution in [-0.2, 0) is 25.0 Å². The highest BCUT2D eigenvalue weighted by Gasteiger charge is 2.68. The number of sulfonamides is 1. The summed E-state index contributed by atoms with van der Waals surface area (Å²) in [6.45, 7) is 3.07. The van der Waals surface area contributed by atoms with Gasteiger partial charge in [-0.2, -0.15) is 0 Å². The van der Waals surface area contributed by atoms with Gasteiger partial charge in [-0.05, 0) is 66.6 Å². The number of para-hydroxylation sites is 2. The van der Waals surface area contributed by atoms with E-state index in [1.165, 1.54) is 43.3 Å². The maximum Gasteiger partial charge on any atom is 0.265 e. The molecule has 0 aliphatic carbocycles. The largest absolute Gasteiger partial charge is 0.294 e. The molecule has 0 N–H and O–H groups in total. The minimum absolute atomic E-state index is 0.0945. The van der Waals surface area contributed by atoms with E-state index in [9.17, 15) is 9.59 Å². The van der Waals surface area contributed by atoms with Crippen LogP contribution in [0.1, 0.15) is 56.7 Å². The number of halogens is 1. The van der Waals surface area contributed by atoms with E-state index in [0.29, 0.717) is 16.1 Å². The Bertz CT molecular complexity index is 2290. The fourth-order valence-corrected chi connectivity index (χ4v) is 9.26. The monoisotopic (exact) mass is 702 g/mol. The zero-order valence-corrected chi connectivity index (χ0v) is 28.7. The highest BCUT2D eigenvalue weighted by Crippen LogP contribution is 2.60. The number of nitrogens with zero attached hydrogens (tertiary/aromatic N) is 2. The summed E-state index contributed by atoms with van der Waals surface area (Å²) in [6, 6.07) is 32.2. The van der Waals surface area contributed by atoms with E-state index in [1.807, 2.05) is 6.92 Å². The number of carbonyl (C=O) groups is 4. The van der Waals surface area contributed by atoms with E-state index >= 15 is 18.0 Å². The van der Waals surface area contributed by atoms with Crippen molar-refractivity contribution >= 4 is 56.4 Å². The van der Waals surface area contributed by atoms with Crippen LogP contribution in [0.15, 0.2) is 132 Å². The lowest BCUT2D eigenvalue weighted by Crippen LogP contribution is -2.66. The van der Waals surface area contributed by atoms with Gasteiger partial charge >= 0.3 is 0 Å². The van der Waals surface area contributed by atoms with Crippen LogP contribution in [0.25, 0.3) is 0 Å². The van der Waals surface area contributed by atoms with E-state index in [2.05, 4.69) is 0 Å². The average molecular weight is 703 g/mol. The van der Waals surface area contributed by atoms with Gasteiger partial charge in [0.15, 0.2) is 11.6 Å². The second kappa shape index (κ2) is 12.5. The van der Waals surface area contributed by atoms with Crippen molar-refractivity contribution in [3.8, 4) is 0 Å². The number of anilines is 2. The normalized spacial score (nSPS) is 19.6. The van der Waals surface area contributed by atoms with Gasteiger partial charge in [0.05, 0.1) is 16.3 Å². The quantitative estimate of drug-likeness (QED) is 0.165. The van der Waals surface area contributed by atoms with E-state index < -0.39 is 45.0 Å². The Labute approximate surface area is 295 Å². The summed E-state index contributed by atoms with van der Waals surface area (Å²) < 4.78 is 31.2. The molecule has 0 saturated heterocycles. The summed E-state index contributed by atoms with van der Waals surface area (Å²) in [6.07, 6.45) is -0.268. The van der Waals surface area contributed by atoms with Crippen LogP contribution in [-0.4, -0.2) is 37.8 Å². The van der Waals surface area contributed by atoms with Gasteiger partial charge in [0.1, 0.15) is 11.5 Å². The van der Waals surface area contributed by atoms with Gasteiger partial charge in [0, 0.05) is 35.4 Å². The molecule has 2 aliphatic heterocycles. The van der Waals surface area contributed by atoms with E-state index in [-0.39, 0.29) is 39.6 Å². The first-order valence-corrected chi connectivity index (χ1v) is 17.8. The predicted octanol–water partition coefficient (Wildman–Crippen LogP) is 7.30. The van der Waals surface area contributed by atoms with Gasteiger partial charge < -0.3 is 0 Å². The molecule has 2 aliphatic rings. The molecule has 0 bridgehead atoms. The number of Topliss-reactive ketones (excluding diaryl/α,β-unsaturated/α-hetero) is 2. The molecule has 0 aromatic heterocycles. The summed E-state index contributed by atoms with van der Waals surface area (Å²) in [5.74, 6) is -3.49. The number of fused-ring (bicyclic) bond motifs is 3. The number of aryl methyl sites for hydroxylation is 1. The second-order valence-corrected chi connectivity index (χ2v) is 14.8. The first kappa shape index (κ1) is 33.1. The van der Waals surface area contributed by atoms with Crippen molar-refractivity contribution in [2.75, 3.05) is 9.21 Å². The smallest absolute Gasteiger partial charge is 0.265 e. The number of benzene rings is 5. The first-order chi connectivity index (χ1) is 24.0. The third kappa shape index (κ3) is 5.07. The van der Waals surface area contributed by atoms with Gasteiger partial charge in [0.2, 0.25) is 11.8 Å². The van der Waals surface area contributed by atoms with Crippen molar-refractivity contribution in [2.45, 2.75) is 42.5 Å². The number of ketones is 2. The zero-order valence-electron chi connectivity index (χ0n) is 27.1. The van der Waals surface area contributed by atoms with Crippen molar-refractivity contribution in [3.63, 3.8) is 0 Å². The molecule has 7 rings (SSSR count). The molecular formula is C40H31ClN2O6S. The highest BCUT2D eigenvalue weighted by atomic mass is 35.5. The molecule has 0 radical (unpaired) electrons. The third-order valence-corrected chi connectivity index (χ3v) is 11.7. The Morgan fingerprint density at radius 2 is 1.34 bits per heavy atom. The van der Waals surface area contributed by atoms with Crippen LogP contribution < -0.4 is 9.21 Å². The third-order valence-electron chi connectivity index (χ3n) is 9.67. The van der Waals surface area contributed by atoms with Crippen molar-refractivity contribution < 1.29 is 27.6 Å². The SMILES string of the molecule is CC(=O)N1C(=O)[C@@]2(c3ccccc31)[C@H](C(=O)c1ccc(Cl)cc1)N(S(=O)(=O)c1ccc(C)cc1)c1ccccc1[C@@H]2CC(=O)c1ccccc1. The van der Waals surface area contributed by atoms with Crippen LogP contribution in [0, 0.1) is 6.92 Å². The Morgan fingerprint density at radius 1 is 0.740 bits per heavy atom. The van der Waals surface area contributed by atoms with Crippen LogP contribution in [0.4, 0.5) is 11.4 Å². The maximum atomic E-state index is 15.4. The molecule has 2 heterocycles. The maximum absolute atomic E-state index is 15.4. The molecule has 250 valence electrons. The molecule has 5 aromatic carbocycles. The topological polar surface area (TPSA) is 109 Å². The Balaban J connectivity index is 1.61. The molecular weight excluding hydrogens is 672 g/mol. The number of rotatable bonds is 7. The van der Waals surface area contributed by atoms with Crippen molar-refractivity contribution in [2.24, 2.45) is 0 Å². The van der Waals surface area contributed by atoms with E-state index in [0.717, 1.165) is 14.8 Å². The number of hydrogen-bond donors (Lipinski definition) is 0. The van der Waals surface area contributed by atoms with Crippen LogP contribution >= 0.6 is 11.6 Å². The van der Waals surface area contributed by atoms with Crippen LogP contribution in [0.5, 0.6) is 0 Å². The average Bonchev–Trinajstić information content (AvgIpc) is 3.37. The molecule has 10 heteroatoms. The minimum Gasteiger partial charge on any atom is -0.294 e. The summed E-state index contributed by atoms with van der Waals surface area (Å²) >= 11 is 6.21. The molecule has 3 atom stereocenters. The van der Waals surface area contributed by atoms with E-state index in [4.69, 9.17) is 11.6 Å². The van der Waals surface area contributed by atoms with Gasteiger partial charge in [-0.15, -0.1) is 0 Å². The highest BCUT2D eigenvalue weighted by molar-refractivity contribution is 7.93. The van der Waals surface area contributed by atoms with Crippen molar-refractivity contribution in [3.05, 3.63) is 160 Å². The van der Waals surface area contributed by atoms with Gasteiger partial charge in [-0.3, -0.25) is 23.5 Å². The van der Waals surface area contributed by atoms with Crippen molar-refractivity contribution in [1.29, 1.82) is 0 Å². The summed E-state index contributed by atoms with van der Waals surface area (Å²) in [5.41, 5.74) is 0.282. The van der Waals surface area contributed by atoms with E-state index in [1.54, 1.807) is 91.0 Å². The van der Waals surface area contributed by atoms with Crippen LogP contribution in [0.2, 0.25) is 5.02 Å².